The molecule has 2 aromatic heterocycles. The van der Waals surface area contributed by atoms with Crippen molar-refractivity contribution in [1.82, 2.24) is 9.97 Å². The molecule has 170 valence electrons. The fourth-order valence-corrected chi connectivity index (χ4v) is 2.82. The Morgan fingerprint density at radius 2 is 1.94 bits per heavy atom. The number of carbonyl (C=O) groups is 1. The molecule has 0 aliphatic heterocycles. The first-order valence-electron chi connectivity index (χ1n) is 9.43. The zero-order valence-corrected chi connectivity index (χ0v) is 17.6. The number of ether oxygens (including phenoxy) is 2. The molecular formula is C21H21F3N4O4. The highest BCUT2D eigenvalue weighted by Crippen LogP contribution is 2.37. The fourth-order valence-electron chi connectivity index (χ4n) is 2.82. The van der Waals surface area contributed by atoms with Gasteiger partial charge in [0.1, 0.15) is 11.6 Å². The second-order valence-corrected chi connectivity index (χ2v) is 6.67. The maximum absolute atomic E-state index is 13.5. The normalized spacial score (nSPS) is 11.3. The molecule has 0 unspecified atom stereocenters. The smallest absolute Gasteiger partial charge is 0.452 e. The number of para-hydroxylation sites is 1. The van der Waals surface area contributed by atoms with Crippen LogP contribution in [0.15, 0.2) is 47.0 Å². The standard InChI is InChI=1S/C21H21F3N4O4/c1-28(10-11-30-2)16-9-8-13(12-25-16)26-19(29)17-18(21(22,23)24)32-20(27-17)14-6-4-5-7-15(14)31-3/h4-9,12H,10-11H2,1-3H3,(H,26,29). The summed E-state index contributed by atoms with van der Waals surface area (Å²) in [6, 6.07) is 9.41. The minimum Gasteiger partial charge on any atom is -0.496 e. The van der Waals surface area contributed by atoms with Gasteiger partial charge in [-0.3, -0.25) is 4.79 Å². The first kappa shape index (κ1) is 23.1. The summed E-state index contributed by atoms with van der Waals surface area (Å²) < 4.78 is 55.7. The van der Waals surface area contributed by atoms with E-state index in [-0.39, 0.29) is 22.9 Å². The van der Waals surface area contributed by atoms with E-state index in [9.17, 15) is 18.0 Å². The molecule has 1 amide bonds. The Kier molecular flexibility index (Phi) is 6.98. The topological polar surface area (TPSA) is 89.7 Å². The second-order valence-electron chi connectivity index (χ2n) is 6.67. The average molecular weight is 450 g/mol. The predicted molar refractivity (Wildman–Crippen MR) is 111 cm³/mol. The lowest BCUT2D eigenvalue weighted by molar-refractivity contribution is -0.153. The van der Waals surface area contributed by atoms with Crippen LogP contribution in [0.1, 0.15) is 16.2 Å². The van der Waals surface area contributed by atoms with Crippen molar-refractivity contribution in [3.8, 4) is 17.2 Å². The van der Waals surface area contributed by atoms with Crippen LogP contribution in [0.25, 0.3) is 11.5 Å². The molecule has 0 saturated carbocycles. The Morgan fingerprint density at radius 1 is 1.19 bits per heavy atom. The fraction of sp³-hybridized carbons (Fsp3) is 0.286. The maximum Gasteiger partial charge on any atom is 0.452 e. The second kappa shape index (κ2) is 9.69. The van der Waals surface area contributed by atoms with Gasteiger partial charge in [-0.2, -0.15) is 13.2 Å². The van der Waals surface area contributed by atoms with E-state index in [1.54, 1.807) is 31.4 Å². The summed E-state index contributed by atoms with van der Waals surface area (Å²) >= 11 is 0. The zero-order valence-electron chi connectivity index (χ0n) is 17.6. The number of amides is 1. The van der Waals surface area contributed by atoms with Crippen LogP contribution in [0.5, 0.6) is 5.75 Å². The Labute approximate surface area is 182 Å². The number of hydrogen-bond acceptors (Lipinski definition) is 7. The molecule has 8 nitrogen and oxygen atoms in total. The summed E-state index contributed by atoms with van der Waals surface area (Å²) in [5.41, 5.74) is -0.502. The van der Waals surface area contributed by atoms with Crippen LogP contribution in [0.4, 0.5) is 24.7 Å². The van der Waals surface area contributed by atoms with E-state index < -0.39 is 23.5 Å². The first-order valence-corrected chi connectivity index (χ1v) is 9.43. The van der Waals surface area contributed by atoms with Gasteiger partial charge >= 0.3 is 6.18 Å². The Hall–Kier alpha value is -3.60. The Balaban J connectivity index is 1.87. The van der Waals surface area contributed by atoms with Crippen LogP contribution in [-0.2, 0) is 10.9 Å². The number of oxazole rings is 1. The molecule has 0 saturated heterocycles. The van der Waals surface area contributed by atoms with E-state index in [0.29, 0.717) is 19.0 Å². The van der Waals surface area contributed by atoms with Crippen LogP contribution in [0.2, 0.25) is 0 Å². The molecule has 0 atom stereocenters. The number of nitrogens with zero attached hydrogens (tertiary/aromatic N) is 3. The number of anilines is 2. The minimum atomic E-state index is -4.92. The SMILES string of the molecule is COCCN(C)c1ccc(NC(=O)c2nc(-c3ccccc3OC)oc2C(F)(F)F)cn1. The molecule has 3 rings (SSSR count). The van der Waals surface area contributed by atoms with E-state index in [2.05, 4.69) is 15.3 Å². The van der Waals surface area contributed by atoms with Gasteiger partial charge in [-0.15, -0.1) is 0 Å². The number of nitrogens with one attached hydrogen (secondary N) is 1. The van der Waals surface area contributed by atoms with E-state index in [4.69, 9.17) is 13.9 Å². The number of likely N-dealkylation sites (N-methyl/N-ethyl adjacent to an activating group) is 1. The third kappa shape index (κ3) is 5.17. The van der Waals surface area contributed by atoms with Crippen molar-refractivity contribution in [2.45, 2.75) is 6.18 Å². The summed E-state index contributed by atoms with van der Waals surface area (Å²) in [6.45, 7) is 1.09. The van der Waals surface area contributed by atoms with Crippen molar-refractivity contribution in [3.63, 3.8) is 0 Å². The lowest BCUT2D eigenvalue weighted by atomic mass is 10.2. The van der Waals surface area contributed by atoms with Gasteiger partial charge in [-0.05, 0) is 24.3 Å². The molecule has 11 heteroatoms. The summed E-state index contributed by atoms with van der Waals surface area (Å²) in [4.78, 5) is 22.5. The lowest BCUT2D eigenvalue weighted by Gasteiger charge is -2.17. The van der Waals surface area contributed by atoms with Crippen LogP contribution in [-0.4, -0.2) is 50.3 Å². The highest BCUT2D eigenvalue weighted by molar-refractivity contribution is 6.04. The molecule has 1 aromatic carbocycles. The number of alkyl halides is 3. The lowest BCUT2D eigenvalue weighted by Crippen LogP contribution is -2.23. The third-order valence-corrected chi connectivity index (χ3v) is 4.46. The number of rotatable bonds is 8. The molecular weight excluding hydrogens is 429 g/mol. The third-order valence-electron chi connectivity index (χ3n) is 4.46. The summed E-state index contributed by atoms with van der Waals surface area (Å²) in [6.07, 6.45) is -3.59. The van der Waals surface area contributed by atoms with Crippen LogP contribution in [0.3, 0.4) is 0 Å². The number of methoxy groups -OCH3 is 2. The van der Waals surface area contributed by atoms with Crippen molar-refractivity contribution >= 4 is 17.4 Å². The van der Waals surface area contributed by atoms with Crippen LogP contribution in [0, 0.1) is 0 Å². The minimum absolute atomic E-state index is 0.185. The molecule has 0 radical (unpaired) electrons. The number of hydrogen-bond donors (Lipinski definition) is 1. The zero-order chi connectivity index (χ0) is 23.3. The molecule has 1 N–H and O–H groups in total. The summed E-state index contributed by atoms with van der Waals surface area (Å²) in [7, 11) is 4.76. The van der Waals surface area contributed by atoms with Crippen LogP contribution >= 0.6 is 0 Å². The van der Waals surface area contributed by atoms with Gasteiger partial charge in [0.25, 0.3) is 5.91 Å². The highest BCUT2D eigenvalue weighted by Gasteiger charge is 2.42. The molecule has 0 aliphatic rings. The highest BCUT2D eigenvalue weighted by atomic mass is 19.4. The number of aromatic nitrogens is 2. The predicted octanol–water partition coefficient (Wildman–Crippen LogP) is 4.10. The van der Waals surface area contributed by atoms with Crippen molar-refractivity contribution in [1.29, 1.82) is 0 Å². The van der Waals surface area contributed by atoms with Gasteiger partial charge in [-0.1, -0.05) is 12.1 Å². The van der Waals surface area contributed by atoms with E-state index >= 15 is 0 Å². The average Bonchev–Trinajstić information content (AvgIpc) is 3.24. The van der Waals surface area contributed by atoms with Crippen molar-refractivity contribution in [2.75, 3.05) is 44.6 Å². The molecule has 0 aliphatic carbocycles. The summed E-state index contributed by atoms with van der Waals surface area (Å²) in [5, 5.41) is 2.38. The van der Waals surface area contributed by atoms with Gasteiger partial charge in [0.05, 0.1) is 31.2 Å². The number of pyridine rings is 1. The molecule has 32 heavy (non-hydrogen) atoms. The van der Waals surface area contributed by atoms with E-state index in [1.807, 2.05) is 11.9 Å². The van der Waals surface area contributed by atoms with Crippen molar-refractivity contribution < 1.29 is 31.9 Å². The Morgan fingerprint density at radius 3 is 2.56 bits per heavy atom. The van der Waals surface area contributed by atoms with E-state index in [0.717, 1.165) is 0 Å². The largest absolute Gasteiger partial charge is 0.496 e. The van der Waals surface area contributed by atoms with Gasteiger partial charge in [0.15, 0.2) is 5.69 Å². The van der Waals surface area contributed by atoms with Gasteiger partial charge in [0, 0.05) is 20.7 Å². The molecule has 2 heterocycles. The molecule has 0 fully saturated rings. The van der Waals surface area contributed by atoms with Gasteiger partial charge < -0.3 is 24.1 Å². The van der Waals surface area contributed by atoms with Gasteiger partial charge in [0.2, 0.25) is 11.7 Å². The quantitative estimate of drug-likeness (QED) is 0.553. The van der Waals surface area contributed by atoms with Crippen LogP contribution < -0.4 is 15.0 Å². The van der Waals surface area contributed by atoms with E-state index in [1.165, 1.54) is 25.4 Å². The van der Waals surface area contributed by atoms with Gasteiger partial charge in [-0.25, -0.2) is 9.97 Å². The van der Waals surface area contributed by atoms with Crippen molar-refractivity contribution in [3.05, 3.63) is 54.0 Å². The monoisotopic (exact) mass is 450 g/mol. The maximum atomic E-state index is 13.5. The number of benzene rings is 1. The number of halogens is 3. The number of carbonyl (C=O) groups excluding carboxylic acids is 1. The molecule has 3 aromatic rings. The first-order chi connectivity index (χ1) is 15.2. The Bertz CT molecular complexity index is 1070. The molecule has 0 bridgehead atoms. The van der Waals surface area contributed by atoms with Crippen molar-refractivity contribution in [2.24, 2.45) is 0 Å². The summed E-state index contributed by atoms with van der Waals surface area (Å²) in [5.74, 6) is -2.10. The molecule has 0 spiro atoms.